The quantitative estimate of drug-likeness (QED) is 0.816. The second-order valence-electron chi connectivity index (χ2n) is 4.97. The van der Waals surface area contributed by atoms with Crippen LogP contribution in [0.25, 0.3) is 0 Å². The molecular formula is C13H20BrN3. The number of nitrogens with two attached hydrogens (primary N) is 1. The molecule has 2 atom stereocenters. The Morgan fingerprint density at radius 2 is 2.12 bits per heavy atom. The lowest BCUT2D eigenvalue weighted by Gasteiger charge is -2.24. The van der Waals surface area contributed by atoms with Crippen LogP contribution >= 0.6 is 15.9 Å². The lowest BCUT2D eigenvalue weighted by atomic mass is 9.97. The van der Waals surface area contributed by atoms with Crippen molar-refractivity contribution in [1.82, 2.24) is 4.98 Å². The maximum Gasteiger partial charge on any atom is 0.140 e. The van der Waals surface area contributed by atoms with Crippen molar-refractivity contribution >= 4 is 27.4 Å². The number of aromatic nitrogens is 1. The van der Waals surface area contributed by atoms with Crippen LogP contribution in [0.3, 0.4) is 0 Å². The summed E-state index contributed by atoms with van der Waals surface area (Å²) < 4.78 is 0.953. The van der Waals surface area contributed by atoms with Gasteiger partial charge in [0, 0.05) is 6.04 Å². The highest BCUT2D eigenvalue weighted by atomic mass is 79.9. The topological polar surface area (TPSA) is 50.9 Å². The fraction of sp³-hybridized carbons (Fsp3) is 0.615. The zero-order valence-corrected chi connectivity index (χ0v) is 11.8. The molecule has 0 spiro atoms. The molecular weight excluding hydrogens is 278 g/mol. The summed E-state index contributed by atoms with van der Waals surface area (Å²) in [5, 5.41) is 3.55. The predicted molar refractivity (Wildman–Crippen MR) is 76.0 cm³/mol. The van der Waals surface area contributed by atoms with E-state index in [1.807, 2.05) is 6.07 Å². The zero-order chi connectivity index (χ0) is 12.3. The van der Waals surface area contributed by atoms with Gasteiger partial charge in [-0.2, -0.15) is 0 Å². The fourth-order valence-corrected chi connectivity index (χ4v) is 2.92. The molecule has 0 amide bonds. The van der Waals surface area contributed by atoms with Gasteiger partial charge in [-0.1, -0.05) is 26.2 Å². The van der Waals surface area contributed by atoms with Gasteiger partial charge >= 0.3 is 0 Å². The Morgan fingerprint density at radius 1 is 1.35 bits per heavy atom. The first-order chi connectivity index (χ1) is 8.16. The smallest absolute Gasteiger partial charge is 0.140 e. The van der Waals surface area contributed by atoms with E-state index in [1.54, 1.807) is 6.20 Å². The number of nitrogen functional groups attached to an aromatic ring is 1. The van der Waals surface area contributed by atoms with Crippen LogP contribution in [0.5, 0.6) is 0 Å². The Morgan fingerprint density at radius 3 is 2.88 bits per heavy atom. The number of hydrogen-bond donors (Lipinski definition) is 2. The molecule has 1 aromatic rings. The van der Waals surface area contributed by atoms with Crippen LogP contribution in [0.2, 0.25) is 0 Å². The Kier molecular flexibility index (Phi) is 4.26. The van der Waals surface area contributed by atoms with Gasteiger partial charge in [0.25, 0.3) is 0 Å². The van der Waals surface area contributed by atoms with Crippen molar-refractivity contribution < 1.29 is 0 Å². The van der Waals surface area contributed by atoms with Crippen molar-refractivity contribution in [3.8, 4) is 0 Å². The summed E-state index contributed by atoms with van der Waals surface area (Å²) in [6.07, 6.45) is 8.28. The molecule has 1 saturated carbocycles. The van der Waals surface area contributed by atoms with Gasteiger partial charge in [0.1, 0.15) is 5.82 Å². The summed E-state index contributed by atoms with van der Waals surface area (Å²) in [4.78, 5) is 4.35. The zero-order valence-electron chi connectivity index (χ0n) is 10.2. The fourth-order valence-electron chi connectivity index (χ4n) is 2.44. The van der Waals surface area contributed by atoms with E-state index in [4.69, 9.17) is 5.73 Å². The minimum absolute atomic E-state index is 0.532. The van der Waals surface area contributed by atoms with E-state index in [0.717, 1.165) is 10.3 Å². The second-order valence-corrected chi connectivity index (χ2v) is 5.82. The van der Waals surface area contributed by atoms with Crippen molar-refractivity contribution in [1.29, 1.82) is 0 Å². The van der Waals surface area contributed by atoms with Crippen LogP contribution in [-0.4, -0.2) is 11.0 Å². The summed E-state index contributed by atoms with van der Waals surface area (Å²) in [7, 11) is 0. The monoisotopic (exact) mass is 297 g/mol. The molecule has 94 valence electrons. The molecule has 1 aliphatic carbocycles. The molecule has 0 aliphatic heterocycles. The van der Waals surface area contributed by atoms with Gasteiger partial charge in [-0.3, -0.25) is 0 Å². The van der Waals surface area contributed by atoms with Gasteiger partial charge in [0.15, 0.2) is 0 Å². The Balaban J connectivity index is 2.08. The maximum absolute atomic E-state index is 5.69. The Hall–Kier alpha value is -0.770. The van der Waals surface area contributed by atoms with Gasteiger partial charge in [-0.25, -0.2) is 4.98 Å². The highest BCUT2D eigenvalue weighted by molar-refractivity contribution is 9.10. The highest BCUT2D eigenvalue weighted by Gasteiger charge is 2.20. The van der Waals surface area contributed by atoms with Crippen molar-refractivity contribution in [2.45, 2.75) is 45.1 Å². The SMILES string of the molecule is CC1CCCCCC1Nc1ncc(N)cc1Br. The van der Waals surface area contributed by atoms with Crippen molar-refractivity contribution in [3.05, 3.63) is 16.7 Å². The van der Waals surface area contributed by atoms with Crippen LogP contribution in [0.4, 0.5) is 11.5 Å². The predicted octanol–water partition coefficient (Wildman–Crippen LogP) is 3.81. The molecule has 2 rings (SSSR count). The van der Waals surface area contributed by atoms with Crippen LogP contribution in [0.15, 0.2) is 16.7 Å². The van der Waals surface area contributed by atoms with E-state index in [-0.39, 0.29) is 0 Å². The number of nitrogens with one attached hydrogen (secondary N) is 1. The van der Waals surface area contributed by atoms with Crippen LogP contribution in [0.1, 0.15) is 39.0 Å². The first-order valence-corrected chi connectivity index (χ1v) is 7.13. The standard InChI is InChI=1S/C13H20BrN3/c1-9-5-3-2-4-6-12(9)17-13-11(14)7-10(15)8-16-13/h7-9,12H,2-6,15H2,1H3,(H,16,17). The summed E-state index contributed by atoms with van der Waals surface area (Å²) in [5.74, 6) is 1.63. The van der Waals surface area contributed by atoms with Crippen molar-refractivity contribution in [2.24, 2.45) is 5.92 Å². The van der Waals surface area contributed by atoms with E-state index in [9.17, 15) is 0 Å². The average molecular weight is 298 g/mol. The highest BCUT2D eigenvalue weighted by Crippen LogP contribution is 2.28. The molecule has 3 nitrogen and oxygen atoms in total. The summed E-state index contributed by atoms with van der Waals surface area (Å²) in [6.45, 7) is 2.33. The first kappa shape index (κ1) is 12.7. The Bertz CT molecular complexity index is 381. The maximum atomic E-state index is 5.69. The molecule has 17 heavy (non-hydrogen) atoms. The van der Waals surface area contributed by atoms with Gasteiger partial charge in [0.05, 0.1) is 16.4 Å². The molecule has 1 aromatic heterocycles. The first-order valence-electron chi connectivity index (χ1n) is 6.34. The number of nitrogens with zero attached hydrogens (tertiary/aromatic N) is 1. The van der Waals surface area contributed by atoms with E-state index >= 15 is 0 Å². The molecule has 0 aromatic carbocycles. The summed E-state index contributed by atoms with van der Waals surface area (Å²) in [6, 6.07) is 2.43. The molecule has 3 N–H and O–H groups in total. The molecule has 0 bridgehead atoms. The van der Waals surface area contributed by atoms with Crippen molar-refractivity contribution in [2.75, 3.05) is 11.1 Å². The molecule has 0 radical (unpaired) electrons. The number of hydrogen-bond acceptors (Lipinski definition) is 3. The minimum atomic E-state index is 0.532. The third-order valence-electron chi connectivity index (χ3n) is 3.55. The van der Waals surface area contributed by atoms with Crippen LogP contribution in [0, 0.1) is 5.92 Å². The number of rotatable bonds is 2. The van der Waals surface area contributed by atoms with Gasteiger partial charge in [0.2, 0.25) is 0 Å². The molecule has 1 aliphatic rings. The number of anilines is 2. The van der Waals surface area contributed by atoms with E-state index in [2.05, 4.69) is 33.2 Å². The van der Waals surface area contributed by atoms with Gasteiger partial charge in [-0.05, 0) is 40.8 Å². The van der Waals surface area contributed by atoms with Crippen molar-refractivity contribution in [3.63, 3.8) is 0 Å². The summed E-state index contributed by atoms with van der Waals surface area (Å²) >= 11 is 3.51. The van der Waals surface area contributed by atoms with Gasteiger partial charge < -0.3 is 11.1 Å². The molecule has 2 unspecified atom stereocenters. The van der Waals surface area contributed by atoms with Crippen LogP contribution in [-0.2, 0) is 0 Å². The average Bonchev–Trinajstić information content (AvgIpc) is 2.48. The van der Waals surface area contributed by atoms with E-state index in [1.165, 1.54) is 32.1 Å². The third kappa shape index (κ3) is 3.35. The number of halogens is 1. The molecule has 4 heteroatoms. The minimum Gasteiger partial charge on any atom is -0.397 e. The van der Waals surface area contributed by atoms with Gasteiger partial charge in [-0.15, -0.1) is 0 Å². The summed E-state index contributed by atoms with van der Waals surface area (Å²) in [5.41, 5.74) is 6.38. The Labute approximate surface area is 111 Å². The lowest BCUT2D eigenvalue weighted by molar-refractivity contribution is 0.455. The van der Waals surface area contributed by atoms with E-state index < -0.39 is 0 Å². The van der Waals surface area contributed by atoms with E-state index in [0.29, 0.717) is 17.6 Å². The lowest BCUT2D eigenvalue weighted by Crippen LogP contribution is -2.26. The second kappa shape index (κ2) is 5.71. The largest absolute Gasteiger partial charge is 0.397 e. The molecule has 1 heterocycles. The normalized spacial score (nSPS) is 25.3. The third-order valence-corrected chi connectivity index (χ3v) is 4.15. The van der Waals surface area contributed by atoms with Crippen LogP contribution < -0.4 is 11.1 Å². The molecule has 1 fully saturated rings. The number of pyridine rings is 1. The molecule has 0 saturated heterocycles.